The molecule has 0 amide bonds. The minimum absolute atomic E-state index is 0.174. The van der Waals surface area contributed by atoms with Gasteiger partial charge in [-0.05, 0) is 35.0 Å². The van der Waals surface area contributed by atoms with E-state index in [0.29, 0.717) is 15.0 Å². The molecule has 16 heavy (non-hydrogen) atoms. The molecule has 1 unspecified atom stereocenters. The first-order valence-electron chi connectivity index (χ1n) is 4.51. The zero-order valence-electron chi connectivity index (χ0n) is 8.25. The largest absolute Gasteiger partial charge is 0.206 e. The summed E-state index contributed by atoms with van der Waals surface area (Å²) >= 11 is 10.4. The van der Waals surface area contributed by atoms with Crippen LogP contribution in [0.15, 0.2) is 22.7 Å². The van der Waals surface area contributed by atoms with Gasteiger partial charge in [0.2, 0.25) is 0 Å². The lowest BCUT2D eigenvalue weighted by Crippen LogP contribution is -1.82. The molecule has 1 atom stereocenters. The quantitative estimate of drug-likeness (QED) is 0.766. The molecule has 0 aliphatic heterocycles. The highest BCUT2D eigenvalue weighted by Crippen LogP contribution is 2.30. The maximum Gasteiger partial charge on any atom is 0.147 e. The van der Waals surface area contributed by atoms with Gasteiger partial charge in [-0.25, -0.2) is 4.39 Å². The summed E-state index contributed by atoms with van der Waals surface area (Å²) in [5, 5.41) is 9.16. The highest BCUT2D eigenvalue weighted by molar-refractivity contribution is 9.10. The third kappa shape index (κ3) is 2.42. The fraction of sp³-hybridized carbons (Fsp3) is 0.200. The third-order valence-electron chi connectivity index (χ3n) is 1.95. The van der Waals surface area contributed by atoms with Crippen LogP contribution in [0.3, 0.4) is 0 Å². The van der Waals surface area contributed by atoms with E-state index in [-0.39, 0.29) is 11.2 Å². The average Bonchev–Trinajstić information content (AvgIpc) is 2.71. The standard InChI is InChI=1S/C10H7BrClFN2S/c1-5(12)9-14-15-10(16-9)6-2-3-7(11)8(13)4-6/h2-5H,1H3. The molecule has 2 aromatic rings. The fourth-order valence-electron chi connectivity index (χ4n) is 1.14. The normalized spacial score (nSPS) is 12.8. The lowest BCUT2D eigenvalue weighted by atomic mass is 10.2. The van der Waals surface area contributed by atoms with Crippen LogP contribution in [-0.4, -0.2) is 10.2 Å². The van der Waals surface area contributed by atoms with Crippen molar-refractivity contribution < 1.29 is 4.39 Å². The molecule has 84 valence electrons. The van der Waals surface area contributed by atoms with Crippen LogP contribution in [0.4, 0.5) is 4.39 Å². The second-order valence-corrected chi connectivity index (χ2v) is 5.71. The van der Waals surface area contributed by atoms with Crippen molar-refractivity contribution in [1.29, 1.82) is 0 Å². The van der Waals surface area contributed by atoms with E-state index in [2.05, 4.69) is 26.1 Å². The SMILES string of the molecule is CC(Cl)c1nnc(-c2ccc(Br)c(F)c2)s1. The molecule has 0 saturated heterocycles. The van der Waals surface area contributed by atoms with Gasteiger partial charge in [0.1, 0.15) is 15.8 Å². The predicted molar refractivity (Wildman–Crippen MR) is 67.3 cm³/mol. The topological polar surface area (TPSA) is 25.8 Å². The second-order valence-electron chi connectivity index (χ2n) is 3.19. The Morgan fingerprint density at radius 3 is 2.75 bits per heavy atom. The van der Waals surface area contributed by atoms with Gasteiger partial charge in [0.25, 0.3) is 0 Å². The summed E-state index contributed by atoms with van der Waals surface area (Å²) in [6, 6.07) is 4.86. The van der Waals surface area contributed by atoms with Gasteiger partial charge in [0.05, 0.1) is 9.85 Å². The summed E-state index contributed by atoms with van der Waals surface area (Å²) < 4.78 is 13.8. The first-order chi connectivity index (χ1) is 7.58. The van der Waals surface area contributed by atoms with Crippen LogP contribution in [0.25, 0.3) is 10.6 Å². The molecule has 0 spiro atoms. The molecule has 0 N–H and O–H groups in total. The highest BCUT2D eigenvalue weighted by atomic mass is 79.9. The molecule has 0 fully saturated rings. The second kappa shape index (κ2) is 4.77. The smallest absolute Gasteiger partial charge is 0.147 e. The number of nitrogens with zero attached hydrogens (tertiary/aromatic N) is 2. The molecule has 2 rings (SSSR count). The maximum atomic E-state index is 13.3. The van der Waals surface area contributed by atoms with Crippen molar-refractivity contribution in [2.45, 2.75) is 12.3 Å². The van der Waals surface area contributed by atoms with Crippen molar-refractivity contribution in [3.05, 3.63) is 33.5 Å². The summed E-state index contributed by atoms with van der Waals surface area (Å²) in [6.45, 7) is 1.83. The molecule has 0 saturated carbocycles. The monoisotopic (exact) mass is 320 g/mol. The van der Waals surface area contributed by atoms with Gasteiger partial charge in [-0.3, -0.25) is 0 Å². The summed E-state index contributed by atoms with van der Waals surface area (Å²) in [7, 11) is 0. The van der Waals surface area contributed by atoms with Crippen molar-refractivity contribution in [1.82, 2.24) is 10.2 Å². The van der Waals surface area contributed by atoms with Crippen LogP contribution in [0.1, 0.15) is 17.3 Å². The molecular weight excluding hydrogens is 315 g/mol. The molecule has 1 aromatic carbocycles. The number of aromatic nitrogens is 2. The number of halogens is 3. The molecule has 1 aromatic heterocycles. The zero-order chi connectivity index (χ0) is 11.7. The van der Waals surface area contributed by atoms with Crippen LogP contribution in [0.2, 0.25) is 0 Å². The molecule has 6 heteroatoms. The van der Waals surface area contributed by atoms with E-state index in [9.17, 15) is 4.39 Å². The van der Waals surface area contributed by atoms with E-state index in [1.54, 1.807) is 12.1 Å². The third-order valence-corrected chi connectivity index (χ3v) is 4.08. The van der Waals surface area contributed by atoms with E-state index in [0.717, 1.165) is 5.01 Å². The Kier molecular flexibility index (Phi) is 3.56. The first-order valence-corrected chi connectivity index (χ1v) is 6.55. The van der Waals surface area contributed by atoms with Gasteiger partial charge < -0.3 is 0 Å². The van der Waals surface area contributed by atoms with Crippen molar-refractivity contribution in [3.8, 4) is 10.6 Å². The molecule has 2 nitrogen and oxygen atoms in total. The van der Waals surface area contributed by atoms with Gasteiger partial charge >= 0.3 is 0 Å². The van der Waals surface area contributed by atoms with Crippen LogP contribution in [-0.2, 0) is 0 Å². The Bertz CT molecular complexity index is 515. The van der Waals surface area contributed by atoms with Crippen LogP contribution in [0.5, 0.6) is 0 Å². The predicted octanol–water partition coefficient (Wildman–Crippen LogP) is 4.41. The minimum Gasteiger partial charge on any atom is -0.206 e. The number of rotatable bonds is 2. The lowest BCUT2D eigenvalue weighted by Gasteiger charge is -1.97. The van der Waals surface area contributed by atoms with Crippen LogP contribution in [0, 0.1) is 5.82 Å². The average molecular weight is 322 g/mol. The van der Waals surface area contributed by atoms with Gasteiger partial charge in [0.15, 0.2) is 0 Å². The van der Waals surface area contributed by atoms with E-state index in [4.69, 9.17) is 11.6 Å². The number of alkyl halides is 1. The lowest BCUT2D eigenvalue weighted by molar-refractivity contribution is 0.621. The Labute approximate surface area is 110 Å². The van der Waals surface area contributed by atoms with E-state index < -0.39 is 0 Å². The van der Waals surface area contributed by atoms with Crippen molar-refractivity contribution in [2.24, 2.45) is 0 Å². The molecule has 0 radical (unpaired) electrons. The Hall–Kier alpha value is -0.520. The van der Waals surface area contributed by atoms with Gasteiger partial charge in [-0.1, -0.05) is 17.4 Å². The molecule has 0 aliphatic rings. The van der Waals surface area contributed by atoms with Gasteiger partial charge in [-0.15, -0.1) is 21.8 Å². The van der Waals surface area contributed by atoms with Crippen molar-refractivity contribution >= 4 is 38.9 Å². The molecule has 0 aliphatic carbocycles. The van der Waals surface area contributed by atoms with E-state index >= 15 is 0 Å². The summed E-state index contributed by atoms with van der Waals surface area (Å²) in [4.78, 5) is 0. The fourth-order valence-corrected chi connectivity index (χ4v) is 2.33. The Balaban J connectivity index is 2.39. The summed E-state index contributed by atoms with van der Waals surface area (Å²) in [5.41, 5.74) is 0.710. The summed E-state index contributed by atoms with van der Waals surface area (Å²) in [5.74, 6) is -0.312. The van der Waals surface area contributed by atoms with Gasteiger partial charge in [0, 0.05) is 5.56 Å². The maximum absolute atomic E-state index is 13.3. The first kappa shape index (κ1) is 12.0. The molecule has 0 bridgehead atoms. The van der Waals surface area contributed by atoms with Crippen LogP contribution < -0.4 is 0 Å². The zero-order valence-corrected chi connectivity index (χ0v) is 11.4. The van der Waals surface area contributed by atoms with Crippen LogP contribution >= 0.6 is 38.9 Å². The number of hydrogen-bond acceptors (Lipinski definition) is 3. The number of hydrogen-bond donors (Lipinski definition) is 0. The number of benzene rings is 1. The van der Waals surface area contributed by atoms with Crippen molar-refractivity contribution in [2.75, 3.05) is 0 Å². The van der Waals surface area contributed by atoms with Gasteiger partial charge in [-0.2, -0.15) is 0 Å². The summed E-state index contributed by atoms with van der Waals surface area (Å²) in [6.07, 6.45) is 0. The molecular formula is C10H7BrClFN2S. The van der Waals surface area contributed by atoms with E-state index in [1.807, 2.05) is 6.92 Å². The highest BCUT2D eigenvalue weighted by Gasteiger charge is 2.11. The van der Waals surface area contributed by atoms with Crippen molar-refractivity contribution in [3.63, 3.8) is 0 Å². The Morgan fingerprint density at radius 1 is 1.44 bits per heavy atom. The molecule has 1 heterocycles. The minimum atomic E-state index is -0.312. The Morgan fingerprint density at radius 2 is 2.19 bits per heavy atom. The van der Waals surface area contributed by atoms with E-state index in [1.165, 1.54) is 17.4 Å².